The molecule has 0 radical (unpaired) electrons. The molecule has 42 heavy (non-hydrogen) atoms. The van der Waals surface area contributed by atoms with Crippen molar-refractivity contribution in [2.75, 3.05) is 32.0 Å². The molecule has 10 heteroatoms. The van der Waals surface area contributed by atoms with E-state index < -0.39 is 0 Å². The lowest BCUT2D eigenvalue weighted by molar-refractivity contribution is -0.130. The van der Waals surface area contributed by atoms with Crippen molar-refractivity contribution >= 4 is 11.7 Å². The number of amides is 1. The van der Waals surface area contributed by atoms with E-state index in [0.29, 0.717) is 24.2 Å². The highest BCUT2D eigenvalue weighted by molar-refractivity contribution is 5.79. The summed E-state index contributed by atoms with van der Waals surface area (Å²) >= 11 is 0. The zero-order valence-electron chi connectivity index (χ0n) is 24.2. The van der Waals surface area contributed by atoms with Crippen LogP contribution >= 0.6 is 0 Å². The predicted molar refractivity (Wildman–Crippen MR) is 163 cm³/mol. The largest absolute Gasteiger partial charge is 0.369 e. The fraction of sp³-hybridized carbons (Fsp3) is 0.469. The SMILES string of the molecule is CN1C(=O)CCC12CCC(n1cc(-c3cnc(-c4cccc(-c5cn[nH]c5)c4)nc3NCC3CCNCC3)cn1)CC2. The minimum atomic E-state index is 0.0495. The van der Waals surface area contributed by atoms with Gasteiger partial charge < -0.3 is 15.5 Å². The van der Waals surface area contributed by atoms with Crippen molar-refractivity contribution in [3.8, 4) is 33.6 Å². The van der Waals surface area contributed by atoms with E-state index in [1.165, 1.54) is 0 Å². The first-order valence-corrected chi connectivity index (χ1v) is 15.3. The molecule has 0 unspecified atom stereocenters. The number of hydrogen-bond acceptors (Lipinski definition) is 7. The van der Waals surface area contributed by atoms with Gasteiger partial charge in [-0.3, -0.25) is 14.6 Å². The molecule has 10 nitrogen and oxygen atoms in total. The molecule has 1 amide bonds. The molecule has 1 aliphatic carbocycles. The zero-order valence-corrected chi connectivity index (χ0v) is 24.2. The minimum absolute atomic E-state index is 0.0495. The summed E-state index contributed by atoms with van der Waals surface area (Å²) in [5, 5.41) is 19.0. The number of aromatic nitrogens is 6. The van der Waals surface area contributed by atoms with Crippen LogP contribution in [0.3, 0.4) is 0 Å². The Morgan fingerprint density at radius 3 is 2.60 bits per heavy atom. The van der Waals surface area contributed by atoms with Gasteiger partial charge in [0.15, 0.2) is 5.82 Å². The number of anilines is 1. The number of nitrogens with zero attached hydrogens (tertiary/aromatic N) is 6. The van der Waals surface area contributed by atoms with Gasteiger partial charge in [0, 0.05) is 66.4 Å². The molecule has 2 aliphatic heterocycles. The fourth-order valence-electron chi connectivity index (χ4n) is 7.05. The molecule has 0 bridgehead atoms. The Hall–Kier alpha value is -4.05. The van der Waals surface area contributed by atoms with E-state index in [1.807, 2.05) is 42.8 Å². The molecule has 5 heterocycles. The maximum absolute atomic E-state index is 12.2. The average molecular weight is 566 g/mol. The summed E-state index contributed by atoms with van der Waals surface area (Å²) in [6.07, 6.45) is 17.9. The van der Waals surface area contributed by atoms with Crippen molar-refractivity contribution in [3.63, 3.8) is 0 Å². The number of carbonyl (C=O) groups excluding carboxylic acids is 1. The third-order valence-electron chi connectivity index (χ3n) is 9.82. The van der Waals surface area contributed by atoms with Gasteiger partial charge in [0.25, 0.3) is 0 Å². The molecule has 0 atom stereocenters. The van der Waals surface area contributed by atoms with Gasteiger partial charge in [0.05, 0.1) is 18.4 Å². The Labute approximate surface area is 246 Å². The van der Waals surface area contributed by atoms with Crippen LogP contribution in [-0.4, -0.2) is 73.0 Å². The van der Waals surface area contributed by atoms with Gasteiger partial charge in [-0.15, -0.1) is 0 Å². The molecule has 218 valence electrons. The second-order valence-electron chi connectivity index (χ2n) is 12.2. The lowest BCUT2D eigenvalue weighted by atomic mass is 9.78. The fourth-order valence-corrected chi connectivity index (χ4v) is 7.05. The molecule has 3 N–H and O–H groups in total. The summed E-state index contributed by atoms with van der Waals surface area (Å²) < 4.78 is 2.12. The van der Waals surface area contributed by atoms with Gasteiger partial charge in [-0.05, 0) is 75.6 Å². The van der Waals surface area contributed by atoms with Crippen molar-refractivity contribution in [2.45, 2.75) is 62.9 Å². The van der Waals surface area contributed by atoms with Gasteiger partial charge >= 0.3 is 0 Å². The van der Waals surface area contributed by atoms with Gasteiger partial charge in [-0.25, -0.2) is 9.97 Å². The molecule has 3 fully saturated rings. The van der Waals surface area contributed by atoms with E-state index in [9.17, 15) is 4.79 Å². The normalized spacial score (nSPS) is 23.1. The monoisotopic (exact) mass is 565 g/mol. The van der Waals surface area contributed by atoms with Crippen LogP contribution in [0.1, 0.15) is 57.4 Å². The van der Waals surface area contributed by atoms with E-state index in [1.54, 1.807) is 0 Å². The number of hydrogen-bond donors (Lipinski definition) is 3. The summed E-state index contributed by atoms with van der Waals surface area (Å²) in [5.74, 6) is 2.44. The van der Waals surface area contributed by atoms with Gasteiger partial charge in [-0.1, -0.05) is 18.2 Å². The molecule has 2 saturated heterocycles. The molecular formula is C32H39N9O. The number of likely N-dealkylation sites (tertiary alicyclic amines) is 1. The van der Waals surface area contributed by atoms with Crippen LogP contribution in [0.5, 0.6) is 0 Å². The van der Waals surface area contributed by atoms with Gasteiger partial charge in [0.2, 0.25) is 5.91 Å². The van der Waals surface area contributed by atoms with Crippen LogP contribution in [0.2, 0.25) is 0 Å². The molecule has 1 saturated carbocycles. The first kappa shape index (κ1) is 26.8. The standard InChI is InChI=1S/C32H39N9O/c1-40-29(42)7-12-32(40)10-5-27(6-11-32)41-21-26(19-38-41)28-20-35-30(39-31(28)34-16-22-8-13-33-14-9-22)24-4-2-3-23(15-24)25-17-36-37-18-25/h2-4,15,17-22,27,33H,5-14,16H2,1H3,(H,36,37)(H,34,35,39). The third-order valence-corrected chi connectivity index (χ3v) is 9.82. The van der Waals surface area contributed by atoms with Crippen molar-refractivity contribution < 1.29 is 4.79 Å². The van der Waals surface area contributed by atoms with Crippen LogP contribution in [-0.2, 0) is 4.79 Å². The number of rotatable bonds is 7. The lowest BCUT2D eigenvalue weighted by Crippen LogP contribution is -2.46. The topological polar surface area (TPSA) is 117 Å². The van der Waals surface area contributed by atoms with Gasteiger partial charge in [0.1, 0.15) is 5.82 Å². The third kappa shape index (κ3) is 5.19. The van der Waals surface area contributed by atoms with Crippen molar-refractivity contribution in [3.05, 3.63) is 55.2 Å². The Morgan fingerprint density at radius 2 is 1.83 bits per heavy atom. The summed E-state index contributed by atoms with van der Waals surface area (Å²) in [4.78, 5) is 24.1. The summed E-state index contributed by atoms with van der Waals surface area (Å²) in [6, 6.07) is 8.61. The van der Waals surface area contributed by atoms with Crippen LogP contribution in [0.15, 0.2) is 55.2 Å². The predicted octanol–water partition coefficient (Wildman–Crippen LogP) is 4.91. The summed E-state index contributed by atoms with van der Waals surface area (Å²) in [6.45, 7) is 3.01. The zero-order chi connectivity index (χ0) is 28.5. The first-order valence-electron chi connectivity index (χ1n) is 15.3. The summed E-state index contributed by atoms with van der Waals surface area (Å²) in [7, 11) is 1.98. The van der Waals surface area contributed by atoms with Gasteiger partial charge in [-0.2, -0.15) is 10.2 Å². The van der Waals surface area contributed by atoms with E-state index in [-0.39, 0.29) is 11.4 Å². The molecule has 1 spiro atoms. The number of H-pyrrole nitrogens is 1. The number of benzene rings is 1. The smallest absolute Gasteiger partial charge is 0.222 e. The Balaban J connectivity index is 1.14. The second-order valence-corrected chi connectivity index (χ2v) is 12.2. The van der Waals surface area contributed by atoms with Crippen LogP contribution in [0.25, 0.3) is 33.6 Å². The maximum atomic E-state index is 12.2. The van der Waals surface area contributed by atoms with Crippen LogP contribution in [0, 0.1) is 5.92 Å². The highest BCUT2D eigenvalue weighted by atomic mass is 16.2. The van der Waals surface area contributed by atoms with Crippen molar-refractivity contribution in [2.24, 2.45) is 5.92 Å². The minimum Gasteiger partial charge on any atom is -0.369 e. The van der Waals surface area contributed by atoms with Crippen molar-refractivity contribution in [1.82, 2.24) is 40.2 Å². The van der Waals surface area contributed by atoms with E-state index in [0.717, 1.165) is 98.2 Å². The quantitative estimate of drug-likeness (QED) is 0.291. The summed E-state index contributed by atoms with van der Waals surface area (Å²) in [5.41, 5.74) is 5.11. The Morgan fingerprint density at radius 1 is 1.00 bits per heavy atom. The Kier molecular flexibility index (Phi) is 7.23. The van der Waals surface area contributed by atoms with Crippen LogP contribution < -0.4 is 10.6 Å². The molecule has 1 aromatic carbocycles. The van der Waals surface area contributed by atoms with Crippen LogP contribution in [0.4, 0.5) is 5.82 Å². The highest BCUT2D eigenvalue weighted by Crippen LogP contribution is 2.44. The highest BCUT2D eigenvalue weighted by Gasteiger charge is 2.45. The first-order chi connectivity index (χ1) is 20.6. The number of nitrogens with one attached hydrogen (secondary N) is 3. The molecule has 4 aromatic rings. The average Bonchev–Trinajstić information content (AvgIpc) is 3.81. The van der Waals surface area contributed by atoms with E-state index in [2.05, 4.69) is 49.9 Å². The lowest BCUT2D eigenvalue weighted by Gasteiger charge is -2.42. The maximum Gasteiger partial charge on any atom is 0.222 e. The number of carbonyl (C=O) groups is 1. The number of aromatic amines is 1. The molecule has 3 aromatic heterocycles. The molecule has 3 aliphatic rings. The Bertz CT molecular complexity index is 1530. The van der Waals surface area contributed by atoms with E-state index in [4.69, 9.17) is 15.1 Å². The molecular weight excluding hydrogens is 526 g/mol. The van der Waals surface area contributed by atoms with Crippen molar-refractivity contribution in [1.29, 1.82) is 0 Å². The van der Waals surface area contributed by atoms with E-state index >= 15 is 0 Å². The molecule has 7 rings (SSSR count). The second kappa shape index (κ2) is 11.3. The number of piperidine rings is 1.